The van der Waals surface area contributed by atoms with Crippen LogP contribution in [0.1, 0.15) is 12.0 Å². The van der Waals surface area contributed by atoms with Crippen LogP contribution in [-0.4, -0.2) is 48.4 Å². The average Bonchev–Trinajstić information content (AvgIpc) is 2.72. The van der Waals surface area contributed by atoms with Gasteiger partial charge in [0, 0.05) is 25.0 Å². The molecule has 0 unspecified atom stereocenters. The molecule has 2 aromatic rings. The number of alkyl halides is 3. The molecule has 0 radical (unpaired) electrons. The van der Waals surface area contributed by atoms with E-state index in [-0.39, 0.29) is 23.9 Å². The van der Waals surface area contributed by atoms with Crippen molar-refractivity contribution in [2.24, 2.45) is 5.10 Å². The minimum Gasteiger partial charge on any atom is -0.378 e. The number of anilines is 3. The summed E-state index contributed by atoms with van der Waals surface area (Å²) < 4.78 is 57.3. The van der Waals surface area contributed by atoms with Crippen molar-refractivity contribution in [3.63, 3.8) is 0 Å². The lowest BCUT2D eigenvalue weighted by Gasteiger charge is -2.27. The molecule has 3 rings (SSSR count). The van der Waals surface area contributed by atoms with Crippen molar-refractivity contribution in [1.82, 2.24) is 9.97 Å². The number of hydrogen-bond acceptors (Lipinski definition) is 7. The van der Waals surface area contributed by atoms with Gasteiger partial charge in [0.05, 0.1) is 31.4 Å². The minimum absolute atomic E-state index is 0.0215. The minimum atomic E-state index is -4.50. The molecular formula is C18H18F4N6O2. The van der Waals surface area contributed by atoms with E-state index < -0.39 is 23.5 Å². The van der Waals surface area contributed by atoms with Crippen LogP contribution < -0.4 is 15.6 Å². The number of carbonyl (C=O) groups excluding carboxylic acids is 1. The zero-order chi connectivity index (χ0) is 21.6. The SMILES string of the molecule is O=C(C/C=N/Nc1ncc(F)c(N2CCOCC2)n1)Nc1cccc(C(F)(F)F)c1. The fourth-order valence-electron chi connectivity index (χ4n) is 2.63. The highest BCUT2D eigenvalue weighted by atomic mass is 19.4. The van der Waals surface area contributed by atoms with Gasteiger partial charge in [0.15, 0.2) is 11.6 Å². The van der Waals surface area contributed by atoms with Crippen molar-refractivity contribution >= 4 is 29.6 Å². The lowest BCUT2D eigenvalue weighted by molar-refractivity contribution is -0.137. The predicted molar refractivity (Wildman–Crippen MR) is 102 cm³/mol. The van der Waals surface area contributed by atoms with E-state index in [9.17, 15) is 22.4 Å². The number of benzene rings is 1. The van der Waals surface area contributed by atoms with Crippen LogP contribution in [-0.2, 0) is 15.7 Å². The van der Waals surface area contributed by atoms with Gasteiger partial charge in [0.2, 0.25) is 11.9 Å². The molecule has 0 bridgehead atoms. The van der Waals surface area contributed by atoms with E-state index in [0.717, 1.165) is 18.3 Å². The smallest absolute Gasteiger partial charge is 0.378 e. The highest BCUT2D eigenvalue weighted by molar-refractivity contribution is 5.99. The van der Waals surface area contributed by atoms with Gasteiger partial charge in [0.25, 0.3) is 0 Å². The maximum atomic E-state index is 14.0. The van der Waals surface area contributed by atoms with Crippen molar-refractivity contribution < 1.29 is 27.1 Å². The highest BCUT2D eigenvalue weighted by Crippen LogP contribution is 2.30. The quantitative estimate of drug-likeness (QED) is 0.419. The fourth-order valence-corrected chi connectivity index (χ4v) is 2.63. The molecule has 1 aliphatic rings. The second-order valence-corrected chi connectivity index (χ2v) is 6.22. The van der Waals surface area contributed by atoms with Gasteiger partial charge < -0.3 is 15.0 Å². The van der Waals surface area contributed by atoms with E-state index in [1.165, 1.54) is 18.3 Å². The van der Waals surface area contributed by atoms with Crippen LogP contribution in [0.3, 0.4) is 0 Å². The van der Waals surface area contributed by atoms with E-state index in [0.29, 0.717) is 26.3 Å². The number of amides is 1. The summed E-state index contributed by atoms with van der Waals surface area (Å²) in [7, 11) is 0. The Balaban J connectivity index is 1.53. The Morgan fingerprint density at radius 1 is 1.30 bits per heavy atom. The molecule has 1 aromatic carbocycles. The number of ether oxygens (including phenoxy) is 1. The Labute approximate surface area is 169 Å². The average molecular weight is 426 g/mol. The number of halogens is 4. The lowest BCUT2D eigenvalue weighted by Crippen LogP contribution is -2.37. The third-order valence-electron chi connectivity index (χ3n) is 4.04. The number of nitrogens with zero attached hydrogens (tertiary/aromatic N) is 4. The van der Waals surface area contributed by atoms with Gasteiger partial charge in [-0.25, -0.2) is 14.8 Å². The number of hydrogen-bond donors (Lipinski definition) is 2. The Morgan fingerprint density at radius 2 is 2.07 bits per heavy atom. The first kappa shape index (κ1) is 21.4. The topological polar surface area (TPSA) is 91.7 Å². The van der Waals surface area contributed by atoms with Crippen molar-refractivity contribution in [2.45, 2.75) is 12.6 Å². The van der Waals surface area contributed by atoms with Crippen LogP contribution in [0, 0.1) is 5.82 Å². The molecule has 1 aromatic heterocycles. The van der Waals surface area contributed by atoms with Crippen LogP contribution in [0.25, 0.3) is 0 Å². The van der Waals surface area contributed by atoms with Crippen molar-refractivity contribution in [3.8, 4) is 0 Å². The monoisotopic (exact) mass is 426 g/mol. The fraction of sp³-hybridized carbons (Fsp3) is 0.333. The summed E-state index contributed by atoms with van der Waals surface area (Å²) in [4.78, 5) is 21.4. The zero-order valence-corrected chi connectivity index (χ0v) is 15.6. The molecule has 0 saturated carbocycles. The molecule has 2 heterocycles. The standard InChI is InChI=1S/C18H18F4N6O2/c19-14-11-23-17(26-16(14)28-6-8-30-9-7-28)27-24-5-4-15(29)25-13-3-1-2-12(10-13)18(20,21)22/h1-3,5,10-11H,4,6-9H2,(H,25,29)(H,23,26,27)/b24-5+. The zero-order valence-electron chi connectivity index (χ0n) is 15.6. The summed E-state index contributed by atoms with van der Waals surface area (Å²) in [6, 6.07) is 4.30. The van der Waals surface area contributed by atoms with Crippen LogP contribution in [0.15, 0.2) is 35.6 Å². The molecule has 12 heteroatoms. The number of morpholine rings is 1. The van der Waals surface area contributed by atoms with E-state index >= 15 is 0 Å². The van der Waals surface area contributed by atoms with Gasteiger partial charge in [-0.3, -0.25) is 4.79 Å². The van der Waals surface area contributed by atoms with Crippen molar-refractivity contribution in [1.29, 1.82) is 0 Å². The Hall–Kier alpha value is -3.28. The summed E-state index contributed by atoms with van der Waals surface area (Å²) in [6.45, 7) is 1.91. The Kier molecular flexibility index (Phi) is 6.77. The van der Waals surface area contributed by atoms with Gasteiger partial charge in [0.1, 0.15) is 0 Å². The summed E-state index contributed by atoms with van der Waals surface area (Å²) in [5.74, 6) is -0.985. The maximum Gasteiger partial charge on any atom is 0.416 e. The molecule has 160 valence electrons. The van der Waals surface area contributed by atoms with Gasteiger partial charge >= 0.3 is 6.18 Å². The number of aromatic nitrogens is 2. The second kappa shape index (κ2) is 9.48. The third kappa shape index (κ3) is 5.86. The molecule has 0 atom stereocenters. The summed E-state index contributed by atoms with van der Waals surface area (Å²) in [5.41, 5.74) is 1.65. The normalized spacial score (nSPS) is 14.7. The molecule has 8 nitrogen and oxygen atoms in total. The van der Waals surface area contributed by atoms with E-state index in [2.05, 4.69) is 25.8 Å². The Bertz CT molecular complexity index is 916. The molecule has 1 aliphatic heterocycles. The van der Waals surface area contributed by atoms with Gasteiger partial charge in [-0.05, 0) is 18.2 Å². The maximum absolute atomic E-state index is 14.0. The van der Waals surface area contributed by atoms with Crippen molar-refractivity contribution in [3.05, 3.63) is 41.8 Å². The number of carbonyl (C=O) groups is 1. The van der Waals surface area contributed by atoms with Crippen LogP contribution in [0.4, 0.5) is 35.0 Å². The van der Waals surface area contributed by atoms with Crippen LogP contribution in [0.5, 0.6) is 0 Å². The number of nitrogens with one attached hydrogen (secondary N) is 2. The van der Waals surface area contributed by atoms with Crippen molar-refractivity contribution in [2.75, 3.05) is 41.9 Å². The van der Waals surface area contributed by atoms with Crippen LogP contribution >= 0.6 is 0 Å². The largest absolute Gasteiger partial charge is 0.416 e. The molecule has 2 N–H and O–H groups in total. The predicted octanol–water partition coefficient (Wildman–Crippen LogP) is 2.90. The first-order chi connectivity index (χ1) is 14.3. The van der Waals surface area contributed by atoms with E-state index in [1.807, 2.05) is 0 Å². The molecule has 0 aliphatic carbocycles. The molecular weight excluding hydrogens is 408 g/mol. The summed E-state index contributed by atoms with van der Waals surface area (Å²) in [5, 5.41) is 6.14. The van der Waals surface area contributed by atoms with Gasteiger partial charge in [-0.1, -0.05) is 6.07 Å². The first-order valence-corrected chi connectivity index (χ1v) is 8.93. The lowest BCUT2D eigenvalue weighted by atomic mass is 10.2. The third-order valence-corrected chi connectivity index (χ3v) is 4.04. The van der Waals surface area contributed by atoms with Gasteiger partial charge in [-0.15, -0.1) is 0 Å². The molecule has 30 heavy (non-hydrogen) atoms. The molecule has 1 amide bonds. The molecule has 1 saturated heterocycles. The summed E-state index contributed by atoms with van der Waals surface area (Å²) >= 11 is 0. The molecule has 0 spiro atoms. The Morgan fingerprint density at radius 3 is 2.80 bits per heavy atom. The molecule has 1 fully saturated rings. The number of hydrazone groups is 1. The first-order valence-electron chi connectivity index (χ1n) is 8.93. The second-order valence-electron chi connectivity index (χ2n) is 6.22. The number of rotatable bonds is 6. The van der Waals surface area contributed by atoms with E-state index in [1.54, 1.807) is 4.90 Å². The van der Waals surface area contributed by atoms with Gasteiger partial charge in [-0.2, -0.15) is 23.3 Å². The van der Waals surface area contributed by atoms with E-state index in [4.69, 9.17) is 4.74 Å². The summed E-state index contributed by atoms with van der Waals surface area (Å²) in [6.07, 6.45) is -2.50. The highest BCUT2D eigenvalue weighted by Gasteiger charge is 2.30. The van der Waals surface area contributed by atoms with Crippen LogP contribution in [0.2, 0.25) is 0 Å².